The predicted molar refractivity (Wildman–Crippen MR) is 109 cm³/mol. The molecule has 0 aliphatic carbocycles. The van der Waals surface area contributed by atoms with Crippen molar-refractivity contribution >= 4 is 11.7 Å². The Morgan fingerprint density at radius 1 is 0.760 bits per heavy atom. The molecular formula is C22H35N3. The second-order valence-electron chi connectivity index (χ2n) is 7.31. The Kier molecular flexibility index (Phi) is 8.17. The SMILES string of the molecule is CCCCCCCc1ccc(CCCCCCC)c2c1C(=N)N=C2N. The lowest BCUT2D eigenvalue weighted by Gasteiger charge is -2.13. The van der Waals surface area contributed by atoms with E-state index in [9.17, 15) is 0 Å². The summed E-state index contributed by atoms with van der Waals surface area (Å²) in [6.07, 6.45) is 14.8. The van der Waals surface area contributed by atoms with Gasteiger partial charge in [-0.05, 0) is 36.8 Å². The van der Waals surface area contributed by atoms with Crippen LogP contribution < -0.4 is 5.73 Å². The number of nitrogens with two attached hydrogens (primary N) is 1. The number of aryl methyl sites for hydroxylation is 2. The van der Waals surface area contributed by atoms with Crippen LogP contribution in [0.2, 0.25) is 0 Å². The molecule has 0 radical (unpaired) electrons. The van der Waals surface area contributed by atoms with E-state index in [1.54, 1.807) is 0 Å². The number of unbranched alkanes of at least 4 members (excludes halogenated alkanes) is 8. The van der Waals surface area contributed by atoms with Crippen molar-refractivity contribution in [2.75, 3.05) is 0 Å². The molecule has 1 aliphatic heterocycles. The molecule has 2 rings (SSSR count). The minimum absolute atomic E-state index is 0.365. The van der Waals surface area contributed by atoms with E-state index in [1.807, 2.05) is 0 Å². The lowest BCUT2D eigenvalue weighted by atomic mass is 9.91. The topological polar surface area (TPSA) is 62.2 Å². The van der Waals surface area contributed by atoms with Crippen molar-refractivity contribution < 1.29 is 0 Å². The second-order valence-corrected chi connectivity index (χ2v) is 7.31. The number of hydrogen-bond donors (Lipinski definition) is 2. The molecule has 25 heavy (non-hydrogen) atoms. The number of nitrogens with one attached hydrogen (secondary N) is 1. The van der Waals surface area contributed by atoms with Gasteiger partial charge in [0.25, 0.3) is 0 Å². The highest BCUT2D eigenvalue weighted by molar-refractivity contribution is 6.22. The Morgan fingerprint density at radius 2 is 1.24 bits per heavy atom. The van der Waals surface area contributed by atoms with Gasteiger partial charge in [-0.15, -0.1) is 0 Å². The number of benzene rings is 1. The van der Waals surface area contributed by atoms with Gasteiger partial charge in [0.1, 0.15) is 5.84 Å². The number of hydrogen-bond acceptors (Lipinski definition) is 2. The quantitative estimate of drug-likeness (QED) is 0.467. The minimum atomic E-state index is 0.365. The minimum Gasteiger partial charge on any atom is -0.383 e. The summed E-state index contributed by atoms with van der Waals surface area (Å²) in [6.45, 7) is 4.49. The highest BCUT2D eigenvalue weighted by atomic mass is 14.9. The zero-order valence-corrected chi connectivity index (χ0v) is 16.2. The van der Waals surface area contributed by atoms with Crippen molar-refractivity contribution in [1.82, 2.24) is 0 Å². The van der Waals surface area contributed by atoms with E-state index in [2.05, 4.69) is 31.0 Å². The third kappa shape index (κ3) is 5.42. The zero-order valence-electron chi connectivity index (χ0n) is 16.2. The van der Waals surface area contributed by atoms with Crippen LogP contribution in [0.3, 0.4) is 0 Å². The Hall–Kier alpha value is -1.64. The lowest BCUT2D eigenvalue weighted by molar-refractivity contribution is 0.629. The van der Waals surface area contributed by atoms with Gasteiger partial charge in [0, 0.05) is 11.1 Å². The Balaban J connectivity index is 2.03. The fourth-order valence-corrected chi connectivity index (χ4v) is 3.74. The van der Waals surface area contributed by atoms with Gasteiger partial charge < -0.3 is 5.73 Å². The molecule has 0 unspecified atom stereocenters. The first kappa shape index (κ1) is 19.7. The molecular weight excluding hydrogens is 306 g/mol. The van der Waals surface area contributed by atoms with Gasteiger partial charge in [0.15, 0.2) is 5.84 Å². The molecule has 1 aromatic rings. The standard InChI is InChI=1S/C22H35N3/c1-3-5-7-9-11-13-17-15-16-18(14-12-10-8-6-4-2)20-19(17)21(23)25-22(20)24/h15-16H,3-14H2,1-2H3,(H3,23,24,25). The highest BCUT2D eigenvalue weighted by Gasteiger charge is 2.24. The Bertz CT molecular complexity index is 602. The molecule has 3 nitrogen and oxygen atoms in total. The fraction of sp³-hybridized carbons (Fsp3) is 0.636. The molecule has 0 fully saturated rings. The van der Waals surface area contributed by atoms with Crippen LogP contribution in [-0.2, 0) is 12.8 Å². The largest absolute Gasteiger partial charge is 0.383 e. The molecule has 0 aromatic heterocycles. The molecule has 1 heterocycles. The molecule has 138 valence electrons. The maximum absolute atomic E-state index is 8.25. The summed E-state index contributed by atoms with van der Waals surface area (Å²) >= 11 is 0. The van der Waals surface area contributed by atoms with Crippen molar-refractivity contribution in [3.8, 4) is 0 Å². The second kappa shape index (κ2) is 10.4. The smallest absolute Gasteiger partial charge is 0.155 e. The van der Waals surface area contributed by atoms with Crippen LogP contribution in [0, 0.1) is 5.41 Å². The van der Waals surface area contributed by atoms with Crippen molar-refractivity contribution in [2.24, 2.45) is 10.7 Å². The summed E-state index contributed by atoms with van der Waals surface area (Å²) in [4.78, 5) is 4.27. The number of aliphatic imine (C=N–C) groups is 1. The Morgan fingerprint density at radius 3 is 1.76 bits per heavy atom. The highest BCUT2D eigenvalue weighted by Crippen LogP contribution is 2.28. The predicted octanol–water partition coefficient (Wildman–Crippen LogP) is 5.76. The van der Waals surface area contributed by atoms with Crippen LogP contribution in [-0.4, -0.2) is 11.7 Å². The van der Waals surface area contributed by atoms with Crippen LogP contribution in [0.15, 0.2) is 17.1 Å². The van der Waals surface area contributed by atoms with E-state index in [0.717, 1.165) is 24.0 Å². The van der Waals surface area contributed by atoms with Gasteiger partial charge in [0.05, 0.1) is 0 Å². The van der Waals surface area contributed by atoms with Crippen molar-refractivity contribution in [3.05, 3.63) is 34.4 Å². The van der Waals surface area contributed by atoms with Crippen LogP contribution in [0.25, 0.3) is 0 Å². The van der Waals surface area contributed by atoms with E-state index < -0.39 is 0 Å². The molecule has 0 saturated heterocycles. The first-order valence-electron chi connectivity index (χ1n) is 10.3. The van der Waals surface area contributed by atoms with E-state index >= 15 is 0 Å². The van der Waals surface area contributed by atoms with Gasteiger partial charge >= 0.3 is 0 Å². The van der Waals surface area contributed by atoms with E-state index in [4.69, 9.17) is 11.1 Å². The molecule has 1 aliphatic rings. The molecule has 0 atom stereocenters. The summed E-state index contributed by atoms with van der Waals surface area (Å²) < 4.78 is 0. The van der Waals surface area contributed by atoms with Gasteiger partial charge in [0.2, 0.25) is 0 Å². The third-order valence-corrected chi connectivity index (χ3v) is 5.20. The van der Waals surface area contributed by atoms with Crippen LogP contribution >= 0.6 is 0 Å². The molecule has 1 aromatic carbocycles. The summed E-state index contributed by atoms with van der Waals surface area (Å²) in [6, 6.07) is 4.46. The molecule has 3 N–H and O–H groups in total. The first-order chi connectivity index (χ1) is 12.2. The van der Waals surface area contributed by atoms with E-state index in [-0.39, 0.29) is 0 Å². The summed E-state index contributed by atoms with van der Waals surface area (Å²) in [7, 11) is 0. The monoisotopic (exact) mass is 341 g/mol. The number of amidine groups is 2. The fourth-order valence-electron chi connectivity index (χ4n) is 3.74. The van der Waals surface area contributed by atoms with Crippen molar-refractivity contribution in [2.45, 2.75) is 90.9 Å². The van der Waals surface area contributed by atoms with Crippen LogP contribution in [0.5, 0.6) is 0 Å². The lowest BCUT2D eigenvalue weighted by Crippen LogP contribution is -2.14. The van der Waals surface area contributed by atoms with Gasteiger partial charge in [-0.2, -0.15) is 0 Å². The molecule has 0 bridgehead atoms. The average Bonchev–Trinajstić information content (AvgIpc) is 2.91. The number of nitrogens with zero attached hydrogens (tertiary/aromatic N) is 1. The van der Waals surface area contributed by atoms with Crippen LogP contribution in [0.1, 0.15) is 100 Å². The third-order valence-electron chi connectivity index (χ3n) is 5.20. The number of rotatable bonds is 12. The summed E-state index contributed by atoms with van der Waals surface area (Å²) in [5.41, 5.74) is 10.8. The van der Waals surface area contributed by atoms with Gasteiger partial charge in [-0.1, -0.05) is 77.3 Å². The number of fused-ring (bicyclic) bond motifs is 1. The first-order valence-corrected chi connectivity index (χ1v) is 10.3. The molecule has 0 amide bonds. The molecule has 3 heteroatoms. The maximum atomic E-state index is 8.25. The van der Waals surface area contributed by atoms with Crippen LogP contribution in [0.4, 0.5) is 0 Å². The van der Waals surface area contributed by atoms with E-state index in [1.165, 1.54) is 75.3 Å². The summed E-state index contributed by atoms with van der Waals surface area (Å²) in [5.74, 6) is 0.917. The van der Waals surface area contributed by atoms with Crippen molar-refractivity contribution in [1.29, 1.82) is 5.41 Å². The van der Waals surface area contributed by atoms with Gasteiger partial charge in [-0.25, -0.2) is 4.99 Å². The maximum Gasteiger partial charge on any atom is 0.155 e. The van der Waals surface area contributed by atoms with Crippen molar-refractivity contribution in [3.63, 3.8) is 0 Å². The zero-order chi connectivity index (χ0) is 18.1. The molecule has 0 saturated carbocycles. The van der Waals surface area contributed by atoms with E-state index in [0.29, 0.717) is 11.7 Å². The normalized spacial score (nSPS) is 13.2. The summed E-state index contributed by atoms with van der Waals surface area (Å²) in [5, 5.41) is 8.25. The average molecular weight is 342 g/mol. The van der Waals surface area contributed by atoms with Gasteiger partial charge in [-0.3, -0.25) is 5.41 Å². The molecule has 0 spiro atoms. The Labute approximate surface area is 153 Å².